The van der Waals surface area contributed by atoms with E-state index in [-0.39, 0.29) is 18.1 Å². The zero-order chi connectivity index (χ0) is 28.1. The summed E-state index contributed by atoms with van der Waals surface area (Å²) in [5, 5.41) is 0. The highest BCUT2D eigenvalue weighted by Gasteiger charge is 2.27. The number of aliphatic imine (C=N–C) groups is 5. The van der Waals surface area contributed by atoms with Gasteiger partial charge in [-0.05, 0) is 78.0 Å². The lowest BCUT2D eigenvalue weighted by Gasteiger charge is -2.26. The smallest absolute Gasteiger partial charge is 0.111 e. The van der Waals surface area contributed by atoms with Crippen LogP contribution in [-0.4, -0.2) is 59.2 Å². The normalized spacial score (nSPS) is 25.2. The number of dihydropyridines is 5. The van der Waals surface area contributed by atoms with E-state index in [1.807, 2.05) is 24.5 Å². The highest BCUT2D eigenvalue weighted by atomic mass is 14.9. The first-order chi connectivity index (χ1) is 20.8. The molecule has 1 aromatic carbocycles. The van der Waals surface area contributed by atoms with Crippen molar-refractivity contribution in [2.24, 2.45) is 25.0 Å². The third-order valence-corrected chi connectivity index (χ3v) is 8.19. The molecule has 0 radical (unpaired) electrons. The molecule has 5 aliphatic rings. The van der Waals surface area contributed by atoms with Crippen molar-refractivity contribution in [2.45, 2.75) is 50.2 Å². The highest BCUT2D eigenvalue weighted by molar-refractivity contribution is 6.51. The maximum atomic E-state index is 5.13. The fourth-order valence-corrected chi connectivity index (χ4v) is 5.99. The summed E-state index contributed by atoms with van der Waals surface area (Å²) < 4.78 is 0. The van der Waals surface area contributed by atoms with Crippen LogP contribution in [0, 0.1) is 0 Å². The molecule has 6 heterocycles. The van der Waals surface area contributed by atoms with Gasteiger partial charge in [0.05, 0.1) is 40.6 Å². The van der Waals surface area contributed by atoms with Crippen LogP contribution in [-0.2, 0) is 0 Å². The van der Waals surface area contributed by atoms with E-state index < -0.39 is 0 Å². The van der Waals surface area contributed by atoms with Gasteiger partial charge in [0.25, 0.3) is 0 Å². The minimum atomic E-state index is -0.128. The topological polar surface area (TPSA) is 74.7 Å². The van der Waals surface area contributed by atoms with Crippen LogP contribution < -0.4 is 0 Å². The zero-order valence-electron chi connectivity index (χ0n) is 23.7. The van der Waals surface area contributed by atoms with Gasteiger partial charge in [-0.2, -0.15) is 0 Å². The number of hydrogen-bond acceptors (Lipinski definition) is 6. The first-order valence-corrected chi connectivity index (χ1v) is 15.0. The molecular weight excluding hydrogens is 516 g/mol. The number of pyridine rings is 1. The average Bonchev–Trinajstić information content (AvgIpc) is 3.09. The predicted octanol–water partition coefficient (Wildman–Crippen LogP) is 6.85. The van der Waals surface area contributed by atoms with E-state index >= 15 is 0 Å². The molecule has 42 heavy (non-hydrogen) atoms. The quantitative estimate of drug-likeness (QED) is 0.363. The molecule has 1 aromatic heterocycles. The molecule has 6 heteroatoms. The third kappa shape index (κ3) is 5.75. The van der Waals surface area contributed by atoms with Crippen molar-refractivity contribution in [3.63, 3.8) is 0 Å². The van der Waals surface area contributed by atoms with E-state index in [9.17, 15) is 0 Å². The molecular formula is C36H34N6. The third-order valence-electron chi connectivity index (χ3n) is 8.19. The summed E-state index contributed by atoms with van der Waals surface area (Å²) in [6, 6.07) is 15.0. The average molecular weight is 551 g/mol. The standard InChI is InChI=1S/C36H34N6/c1-5-17-37-29(9-1)33-21-27(22-34(41-33)30-10-2-6-18-38-30)25-13-15-26(16-14-25)28-23-35(31-11-3-7-19-39-31)42-36(24-28)32-12-4-8-20-40-32/h1-5,9-17,19,21,24,31,33,35H,6-8,18,20,22-23H2. The van der Waals surface area contributed by atoms with E-state index in [1.54, 1.807) is 0 Å². The lowest BCUT2D eigenvalue weighted by molar-refractivity contribution is 0.612. The highest BCUT2D eigenvalue weighted by Crippen LogP contribution is 2.34. The van der Waals surface area contributed by atoms with Gasteiger partial charge in [0.1, 0.15) is 6.04 Å². The predicted molar refractivity (Wildman–Crippen MR) is 175 cm³/mol. The first-order valence-electron chi connectivity index (χ1n) is 15.0. The van der Waals surface area contributed by atoms with E-state index in [2.05, 4.69) is 83.9 Å². The molecule has 0 saturated heterocycles. The second kappa shape index (κ2) is 12.1. The van der Waals surface area contributed by atoms with Crippen LogP contribution in [0.15, 0.2) is 122 Å². The molecule has 0 saturated carbocycles. The summed E-state index contributed by atoms with van der Waals surface area (Å²) in [6.07, 6.45) is 25.8. The molecule has 0 N–H and O–H groups in total. The Morgan fingerprint density at radius 1 is 0.738 bits per heavy atom. The molecule has 3 atom stereocenters. The van der Waals surface area contributed by atoms with Gasteiger partial charge < -0.3 is 0 Å². The van der Waals surface area contributed by atoms with Crippen LogP contribution in [0.5, 0.6) is 0 Å². The van der Waals surface area contributed by atoms with E-state index in [0.29, 0.717) is 0 Å². The molecule has 3 unspecified atom stereocenters. The van der Waals surface area contributed by atoms with E-state index in [1.165, 1.54) is 22.3 Å². The van der Waals surface area contributed by atoms with Gasteiger partial charge in [-0.15, -0.1) is 0 Å². The Kier molecular flexibility index (Phi) is 7.59. The van der Waals surface area contributed by atoms with Crippen LogP contribution in [0.25, 0.3) is 11.1 Å². The SMILES string of the molecule is C1=CC(C2CC(c3ccc(C4=CC(c5ccccn5)N=C(C5=NCCC=C5)C4)cc3)=CC(C3=NCCC=C3)=N2)N=CC1. The zero-order valence-corrected chi connectivity index (χ0v) is 23.7. The molecule has 0 fully saturated rings. The summed E-state index contributed by atoms with van der Waals surface area (Å²) in [4.78, 5) is 29.2. The molecule has 0 amide bonds. The number of nitrogens with zero attached hydrogens (tertiary/aromatic N) is 6. The maximum Gasteiger partial charge on any atom is 0.111 e. The van der Waals surface area contributed by atoms with Gasteiger partial charge in [0, 0.05) is 38.3 Å². The molecule has 2 aromatic rings. The Labute approximate surface area is 247 Å². The van der Waals surface area contributed by atoms with Gasteiger partial charge in [-0.25, -0.2) is 0 Å². The Bertz CT molecular complexity index is 1630. The fraction of sp³-hybridized carbons (Fsp3) is 0.278. The number of aromatic nitrogens is 1. The lowest BCUT2D eigenvalue weighted by Crippen LogP contribution is -2.29. The second-order valence-electron chi connectivity index (χ2n) is 11.1. The van der Waals surface area contributed by atoms with Gasteiger partial charge in [0.15, 0.2) is 0 Å². The number of hydrogen-bond donors (Lipinski definition) is 0. The minimum Gasteiger partial charge on any atom is -0.287 e. The number of rotatable bonds is 6. The van der Waals surface area contributed by atoms with Crippen molar-refractivity contribution in [2.75, 3.05) is 13.1 Å². The Balaban J connectivity index is 1.19. The molecule has 0 spiro atoms. The van der Waals surface area contributed by atoms with Crippen molar-refractivity contribution in [3.8, 4) is 0 Å². The van der Waals surface area contributed by atoms with Crippen LogP contribution in [0.1, 0.15) is 55.0 Å². The van der Waals surface area contributed by atoms with Crippen molar-refractivity contribution in [3.05, 3.63) is 114 Å². The summed E-state index contributed by atoms with van der Waals surface area (Å²) in [6.45, 7) is 1.63. The Hall–Kier alpha value is -4.58. The van der Waals surface area contributed by atoms with Gasteiger partial charge in [-0.3, -0.25) is 29.9 Å². The maximum absolute atomic E-state index is 5.13. The lowest BCUT2D eigenvalue weighted by atomic mass is 9.87. The van der Waals surface area contributed by atoms with Crippen molar-refractivity contribution >= 4 is 40.2 Å². The van der Waals surface area contributed by atoms with Gasteiger partial charge in [-0.1, -0.05) is 54.6 Å². The summed E-state index contributed by atoms with van der Waals surface area (Å²) in [7, 11) is 0. The van der Waals surface area contributed by atoms with Crippen LogP contribution in [0.2, 0.25) is 0 Å². The number of benzene rings is 1. The second-order valence-corrected chi connectivity index (χ2v) is 11.1. The largest absolute Gasteiger partial charge is 0.287 e. The summed E-state index contributed by atoms with van der Waals surface area (Å²) in [5.74, 6) is 0. The summed E-state index contributed by atoms with van der Waals surface area (Å²) >= 11 is 0. The van der Waals surface area contributed by atoms with Crippen molar-refractivity contribution < 1.29 is 0 Å². The van der Waals surface area contributed by atoms with Crippen LogP contribution in [0.4, 0.5) is 0 Å². The van der Waals surface area contributed by atoms with Crippen LogP contribution >= 0.6 is 0 Å². The van der Waals surface area contributed by atoms with Gasteiger partial charge >= 0.3 is 0 Å². The van der Waals surface area contributed by atoms with E-state index in [0.717, 1.165) is 73.7 Å². The number of allylic oxidation sites excluding steroid dienone is 5. The van der Waals surface area contributed by atoms with Gasteiger partial charge in [0.2, 0.25) is 0 Å². The van der Waals surface area contributed by atoms with Crippen LogP contribution in [0.3, 0.4) is 0 Å². The van der Waals surface area contributed by atoms with Crippen molar-refractivity contribution in [1.29, 1.82) is 0 Å². The molecule has 0 bridgehead atoms. The monoisotopic (exact) mass is 550 g/mol. The Morgan fingerprint density at radius 2 is 1.52 bits per heavy atom. The molecule has 208 valence electrons. The van der Waals surface area contributed by atoms with E-state index in [4.69, 9.17) is 25.0 Å². The first kappa shape index (κ1) is 26.3. The molecule has 5 aliphatic heterocycles. The molecule has 0 aliphatic carbocycles. The molecule has 7 rings (SSSR count). The van der Waals surface area contributed by atoms with Crippen molar-refractivity contribution in [1.82, 2.24) is 4.98 Å². The molecule has 6 nitrogen and oxygen atoms in total. The Morgan fingerprint density at radius 3 is 2.21 bits per heavy atom. The fourth-order valence-electron chi connectivity index (χ4n) is 5.99. The minimum absolute atomic E-state index is 0.0637. The summed E-state index contributed by atoms with van der Waals surface area (Å²) in [5.41, 5.74) is 9.87.